The SMILES string of the molecule is O=C(NCCCOC1CCCC1)c1ccc(CN2CCCCCC2)cc1. The molecule has 1 aliphatic carbocycles. The van der Waals surface area contributed by atoms with Gasteiger partial charge in [0.05, 0.1) is 6.10 Å². The van der Waals surface area contributed by atoms with E-state index in [2.05, 4.69) is 22.3 Å². The number of benzene rings is 1. The minimum atomic E-state index is 0.0205. The first-order chi connectivity index (χ1) is 12.8. The molecule has 3 rings (SSSR count). The fraction of sp³-hybridized carbons (Fsp3) is 0.682. The second-order valence-corrected chi connectivity index (χ2v) is 7.77. The molecule has 1 aliphatic heterocycles. The number of amides is 1. The zero-order valence-electron chi connectivity index (χ0n) is 16.0. The number of carbonyl (C=O) groups excluding carboxylic acids is 1. The predicted molar refractivity (Wildman–Crippen MR) is 105 cm³/mol. The van der Waals surface area contributed by atoms with Crippen molar-refractivity contribution in [3.05, 3.63) is 35.4 Å². The standard InChI is InChI=1S/C22H34N2O2/c25-22(23-14-7-17-26-21-8-3-4-9-21)20-12-10-19(11-13-20)18-24-15-5-1-2-6-16-24/h10-13,21H,1-9,14-18H2,(H,23,25). The molecule has 2 aliphatic rings. The van der Waals surface area contributed by atoms with E-state index < -0.39 is 0 Å². The first-order valence-corrected chi connectivity index (χ1v) is 10.5. The Balaban J connectivity index is 1.34. The van der Waals surface area contributed by atoms with Crippen LogP contribution in [0.3, 0.4) is 0 Å². The van der Waals surface area contributed by atoms with Crippen molar-refractivity contribution in [2.24, 2.45) is 0 Å². The predicted octanol–water partition coefficient (Wildman–Crippen LogP) is 4.14. The largest absolute Gasteiger partial charge is 0.378 e. The highest BCUT2D eigenvalue weighted by atomic mass is 16.5. The van der Waals surface area contributed by atoms with Gasteiger partial charge in [0, 0.05) is 25.3 Å². The van der Waals surface area contributed by atoms with Gasteiger partial charge < -0.3 is 10.1 Å². The molecule has 0 spiro atoms. The number of nitrogens with one attached hydrogen (secondary N) is 1. The Morgan fingerprint density at radius 3 is 2.38 bits per heavy atom. The van der Waals surface area contributed by atoms with E-state index in [0.717, 1.165) is 25.1 Å². The lowest BCUT2D eigenvalue weighted by atomic mass is 10.1. The normalized spacial score (nSPS) is 19.4. The molecular weight excluding hydrogens is 324 g/mol. The van der Waals surface area contributed by atoms with Crippen LogP contribution in [0.5, 0.6) is 0 Å². The van der Waals surface area contributed by atoms with Crippen LogP contribution in [0.1, 0.15) is 73.7 Å². The molecule has 1 aromatic rings. The molecule has 4 nitrogen and oxygen atoms in total. The van der Waals surface area contributed by atoms with E-state index in [1.165, 1.54) is 70.0 Å². The van der Waals surface area contributed by atoms with Crippen LogP contribution in [0, 0.1) is 0 Å². The van der Waals surface area contributed by atoms with Gasteiger partial charge in [0.25, 0.3) is 5.91 Å². The van der Waals surface area contributed by atoms with Crippen molar-refractivity contribution < 1.29 is 9.53 Å². The van der Waals surface area contributed by atoms with Gasteiger partial charge in [0.15, 0.2) is 0 Å². The van der Waals surface area contributed by atoms with Crippen LogP contribution in [0.25, 0.3) is 0 Å². The summed E-state index contributed by atoms with van der Waals surface area (Å²) >= 11 is 0. The molecule has 1 heterocycles. The first kappa shape index (κ1) is 19.4. The van der Waals surface area contributed by atoms with E-state index in [1.807, 2.05) is 12.1 Å². The molecule has 1 saturated carbocycles. The van der Waals surface area contributed by atoms with Crippen molar-refractivity contribution in [3.8, 4) is 0 Å². The second kappa shape index (κ2) is 10.7. The number of nitrogens with zero attached hydrogens (tertiary/aromatic N) is 1. The van der Waals surface area contributed by atoms with Crippen molar-refractivity contribution in [2.45, 2.75) is 70.4 Å². The molecule has 0 bridgehead atoms. The van der Waals surface area contributed by atoms with Crippen molar-refractivity contribution >= 4 is 5.91 Å². The molecular formula is C22H34N2O2. The molecule has 0 radical (unpaired) electrons. The summed E-state index contributed by atoms with van der Waals surface area (Å²) < 4.78 is 5.83. The van der Waals surface area contributed by atoms with Gasteiger partial charge in [-0.3, -0.25) is 9.69 Å². The Labute approximate surface area is 158 Å². The van der Waals surface area contributed by atoms with Gasteiger partial charge in [-0.1, -0.05) is 37.8 Å². The second-order valence-electron chi connectivity index (χ2n) is 7.77. The quantitative estimate of drug-likeness (QED) is 0.710. The molecule has 4 heteroatoms. The lowest BCUT2D eigenvalue weighted by molar-refractivity contribution is 0.0565. The van der Waals surface area contributed by atoms with Crippen molar-refractivity contribution in [2.75, 3.05) is 26.2 Å². The zero-order valence-corrected chi connectivity index (χ0v) is 16.0. The lowest BCUT2D eigenvalue weighted by Crippen LogP contribution is -2.26. The summed E-state index contributed by atoms with van der Waals surface area (Å²) in [4.78, 5) is 14.8. The summed E-state index contributed by atoms with van der Waals surface area (Å²) in [6, 6.07) is 8.11. The van der Waals surface area contributed by atoms with Gasteiger partial charge in [-0.2, -0.15) is 0 Å². The van der Waals surface area contributed by atoms with Gasteiger partial charge >= 0.3 is 0 Å². The van der Waals surface area contributed by atoms with E-state index in [9.17, 15) is 4.79 Å². The molecule has 1 saturated heterocycles. The molecule has 144 valence electrons. The Morgan fingerprint density at radius 1 is 1.00 bits per heavy atom. The van der Waals surface area contributed by atoms with Crippen LogP contribution in [0.4, 0.5) is 0 Å². The number of hydrogen-bond donors (Lipinski definition) is 1. The monoisotopic (exact) mass is 358 g/mol. The molecule has 0 aromatic heterocycles. The molecule has 1 amide bonds. The van der Waals surface area contributed by atoms with Crippen molar-refractivity contribution in [1.29, 1.82) is 0 Å². The Bertz CT molecular complexity index is 530. The fourth-order valence-corrected chi connectivity index (χ4v) is 4.00. The Hall–Kier alpha value is -1.39. The van der Waals surface area contributed by atoms with Crippen molar-refractivity contribution in [3.63, 3.8) is 0 Å². The number of hydrogen-bond acceptors (Lipinski definition) is 3. The smallest absolute Gasteiger partial charge is 0.251 e. The number of likely N-dealkylation sites (tertiary alicyclic amines) is 1. The number of rotatable bonds is 8. The van der Waals surface area contributed by atoms with Gasteiger partial charge in [0.1, 0.15) is 0 Å². The minimum Gasteiger partial charge on any atom is -0.378 e. The summed E-state index contributed by atoms with van der Waals surface area (Å²) in [5, 5.41) is 3.00. The minimum absolute atomic E-state index is 0.0205. The molecule has 26 heavy (non-hydrogen) atoms. The van der Waals surface area contributed by atoms with E-state index in [4.69, 9.17) is 4.74 Å². The average molecular weight is 359 g/mol. The summed E-state index contributed by atoms with van der Waals surface area (Å²) in [5.41, 5.74) is 2.05. The number of ether oxygens (including phenoxy) is 1. The molecule has 0 unspecified atom stereocenters. The first-order valence-electron chi connectivity index (χ1n) is 10.5. The van der Waals surface area contributed by atoms with Gasteiger partial charge in [-0.15, -0.1) is 0 Å². The summed E-state index contributed by atoms with van der Waals surface area (Å²) in [5.74, 6) is 0.0205. The Morgan fingerprint density at radius 2 is 1.69 bits per heavy atom. The third-order valence-electron chi connectivity index (χ3n) is 5.58. The summed E-state index contributed by atoms with van der Waals surface area (Å²) in [7, 11) is 0. The zero-order chi connectivity index (χ0) is 18.0. The lowest BCUT2D eigenvalue weighted by Gasteiger charge is -2.19. The third kappa shape index (κ3) is 6.40. The van der Waals surface area contributed by atoms with Gasteiger partial charge in [0.2, 0.25) is 0 Å². The maximum atomic E-state index is 12.2. The van der Waals surface area contributed by atoms with E-state index in [-0.39, 0.29) is 5.91 Å². The third-order valence-corrected chi connectivity index (χ3v) is 5.58. The molecule has 0 atom stereocenters. The van der Waals surface area contributed by atoms with E-state index >= 15 is 0 Å². The summed E-state index contributed by atoms with van der Waals surface area (Å²) in [6.45, 7) is 4.83. The van der Waals surface area contributed by atoms with E-state index in [0.29, 0.717) is 12.6 Å². The van der Waals surface area contributed by atoms with Crippen molar-refractivity contribution in [1.82, 2.24) is 10.2 Å². The van der Waals surface area contributed by atoms with E-state index in [1.54, 1.807) is 0 Å². The average Bonchev–Trinajstić information content (AvgIpc) is 3.05. The Kier molecular flexibility index (Phi) is 7.96. The molecule has 1 aromatic carbocycles. The van der Waals surface area contributed by atoms with Crippen LogP contribution < -0.4 is 5.32 Å². The number of carbonyl (C=O) groups is 1. The van der Waals surface area contributed by atoms with Crippen LogP contribution >= 0.6 is 0 Å². The van der Waals surface area contributed by atoms with Crippen LogP contribution in [-0.4, -0.2) is 43.2 Å². The van der Waals surface area contributed by atoms with Crippen LogP contribution in [-0.2, 0) is 11.3 Å². The highest BCUT2D eigenvalue weighted by Gasteiger charge is 2.15. The summed E-state index contributed by atoms with van der Waals surface area (Å²) in [6.07, 6.45) is 11.7. The highest BCUT2D eigenvalue weighted by molar-refractivity contribution is 5.94. The van der Waals surface area contributed by atoms with Crippen LogP contribution in [0.15, 0.2) is 24.3 Å². The van der Waals surface area contributed by atoms with Gasteiger partial charge in [-0.25, -0.2) is 0 Å². The maximum absolute atomic E-state index is 12.2. The molecule has 2 fully saturated rings. The fourth-order valence-electron chi connectivity index (χ4n) is 4.00. The van der Waals surface area contributed by atoms with Gasteiger partial charge in [-0.05, 0) is 62.9 Å². The maximum Gasteiger partial charge on any atom is 0.251 e. The molecule has 1 N–H and O–H groups in total. The van der Waals surface area contributed by atoms with Crippen LogP contribution in [0.2, 0.25) is 0 Å². The topological polar surface area (TPSA) is 41.6 Å². The highest BCUT2D eigenvalue weighted by Crippen LogP contribution is 2.20.